The van der Waals surface area contributed by atoms with Gasteiger partial charge in [0, 0.05) is 35.9 Å². The first-order valence-corrected chi connectivity index (χ1v) is 7.54. The molecule has 0 N–H and O–H groups in total. The number of hydrogen-bond acceptors (Lipinski definition) is 3. The summed E-state index contributed by atoms with van der Waals surface area (Å²) >= 11 is 0. The van der Waals surface area contributed by atoms with E-state index in [-0.39, 0.29) is 5.92 Å². The highest BCUT2D eigenvalue weighted by molar-refractivity contribution is 5.82. The van der Waals surface area contributed by atoms with E-state index in [2.05, 4.69) is 18.8 Å². The largest absolute Gasteiger partial charge is 0.497 e. The van der Waals surface area contributed by atoms with Crippen LogP contribution in [0.2, 0.25) is 0 Å². The molecule has 1 heterocycles. The minimum Gasteiger partial charge on any atom is -0.497 e. The third-order valence-electron chi connectivity index (χ3n) is 4.42. The predicted molar refractivity (Wildman–Crippen MR) is 79.9 cm³/mol. The summed E-state index contributed by atoms with van der Waals surface area (Å²) in [5.41, 5.74) is 1.92. The van der Waals surface area contributed by atoms with Gasteiger partial charge in [0.05, 0.1) is 7.11 Å². The molecule has 1 aromatic heterocycles. The fourth-order valence-corrected chi connectivity index (χ4v) is 3.13. The Hall–Kier alpha value is -1.38. The molecule has 1 aliphatic rings. The molecular weight excluding hydrogens is 250 g/mol. The van der Waals surface area contributed by atoms with Crippen LogP contribution in [-0.4, -0.2) is 17.9 Å². The van der Waals surface area contributed by atoms with Gasteiger partial charge in [-0.15, -0.1) is 0 Å². The van der Waals surface area contributed by atoms with Crippen molar-refractivity contribution >= 4 is 5.78 Å². The lowest BCUT2D eigenvalue weighted by atomic mass is 9.74. The summed E-state index contributed by atoms with van der Waals surface area (Å²) in [6, 6.07) is 3.88. The minimum absolute atomic E-state index is 0.134. The van der Waals surface area contributed by atoms with Gasteiger partial charge in [-0.2, -0.15) is 0 Å². The van der Waals surface area contributed by atoms with E-state index < -0.39 is 0 Å². The zero-order valence-electron chi connectivity index (χ0n) is 13.0. The van der Waals surface area contributed by atoms with Crippen LogP contribution in [0, 0.1) is 24.7 Å². The Balaban J connectivity index is 2.11. The third kappa shape index (κ3) is 3.59. The van der Waals surface area contributed by atoms with Gasteiger partial charge in [-0.05, 0) is 38.0 Å². The molecule has 3 heteroatoms. The molecule has 1 aliphatic carbocycles. The van der Waals surface area contributed by atoms with E-state index in [1.54, 1.807) is 7.11 Å². The molecule has 2 unspecified atom stereocenters. The number of ether oxygens (including phenoxy) is 1. The summed E-state index contributed by atoms with van der Waals surface area (Å²) in [5, 5.41) is 0. The van der Waals surface area contributed by atoms with Crippen LogP contribution in [0.25, 0.3) is 0 Å². The summed E-state index contributed by atoms with van der Waals surface area (Å²) in [4.78, 5) is 16.7. The SMILES string of the molecule is COc1cc(C)nc(CC2CC(C(C)C)CCC2=O)c1. The summed E-state index contributed by atoms with van der Waals surface area (Å²) in [7, 11) is 1.67. The first-order valence-electron chi connectivity index (χ1n) is 7.54. The van der Waals surface area contributed by atoms with E-state index in [1.165, 1.54) is 0 Å². The second-order valence-electron chi connectivity index (χ2n) is 6.29. The average Bonchev–Trinajstić information content (AvgIpc) is 2.40. The monoisotopic (exact) mass is 275 g/mol. The molecule has 0 spiro atoms. The van der Waals surface area contributed by atoms with Gasteiger partial charge in [-0.25, -0.2) is 0 Å². The molecule has 20 heavy (non-hydrogen) atoms. The van der Waals surface area contributed by atoms with E-state index in [4.69, 9.17) is 4.74 Å². The molecule has 110 valence electrons. The van der Waals surface area contributed by atoms with Crippen LogP contribution >= 0.6 is 0 Å². The van der Waals surface area contributed by atoms with Crippen LogP contribution in [-0.2, 0) is 11.2 Å². The van der Waals surface area contributed by atoms with Crippen molar-refractivity contribution in [2.24, 2.45) is 17.8 Å². The first kappa shape index (κ1) is 15.0. The van der Waals surface area contributed by atoms with Crippen LogP contribution in [0.5, 0.6) is 5.75 Å². The molecule has 1 fully saturated rings. The van der Waals surface area contributed by atoms with Crippen LogP contribution in [0.3, 0.4) is 0 Å². The lowest BCUT2D eigenvalue weighted by Gasteiger charge is -2.30. The van der Waals surface area contributed by atoms with Crippen LogP contribution in [0.15, 0.2) is 12.1 Å². The van der Waals surface area contributed by atoms with Gasteiger partial charge in [-0.3, -0.25) is 9.78 Å². The zero-order valence-corrected chi connectivity index (χ0v) is 13.0. The van der Waals surface area contributed by atoms with Crippen molar-refractivity contribution in [2.45, 2.75) is 46.5 Å². The summed E-state index contributed by atoms with van der Waals surface area (Å²) < 4.78 is 5.29. The number of Topliss-reactive ketones (excluding diaryl/α,β-unsaturated/α-hetero) is 1. The highest BCUT2D eigenvalue weighted by atomic mass is 16.5. The number of rotatable bonds is 4. The molecule has 0 aliphatic heterocycles. The number of pyridine rings is 1. The van der Waals surface area contributed by atoms with Crippen molar-refractivity contribution in [1.29, 1.82) is 0 Å². The Morgan fingerprint density at radius 2 is 2.15 bits per heavy atom. The van der Waals surface area contributed by atoms with Gasteiger partial charge in [0.25, 0.3) is 0 Å². The number of carbonyl (C=O) groups excluding carboxylic acids is 1. The molecule has 0 bridgehead atoms. The predicted octanol–water partition coefficient (Wildman–Crippen LogP) is 3.58. The fourth-order valence-electron chi connectivity index (χ4n) is 3.13. The highest BCUT2D eigenvalue weighted by Crippen LogP contribution is 2.33. The fraction of sp³-hybridized carbons (Fsp3) is 0.647. The maximum atomic E-state index is 12.1. The molecule has 0 radical (unpaired) electrons. The standard InChI is InChI=1S/C17H25NO2/c1-11(2)13-5-6-17(19)14(8-13)9-15-10-16(20-4)7-12(3)18-15/h7,10-11,13-14H,5-6,8-9H2,1-4H3. The Morgan fingerprint density at radius 1 is 1.40 bits per heavy atom. The summed E-state index contributed by atoms with van der Waals surface area (Å²) in [6.07, 6.45) is 3.54. The molecule has 0 saturated heterocycles. The number of ketones is 1. The third-order valence-corrected chi connectivity index (χ3v) is 4.42. The number of nitrogens with zero attached hydrogens (tertiary/aromatic N) is 1. The number of hydrogen-bond donors (Lipinski definition) is 0. The molecule has 1 aromatic rings. The average molecular weight is 275 g/mol. The molecule has 0 aromatic carbocycles. The van der Waals surface area contributed by atoms with E-state index in [9.17, 15) is 4.79 Å². The maximum Gasteiger partial charge on any atom is 0.136 e. The van der Waals surface area contributed by atoms with Gasteiger partial charge >= 0.3 is 0 Å². The van der Waals surface area contributed by atoms with Crippen molar-refractivity contribution < 1.29 is 9.53 Å². The Kier molecular flexibility index (Phi) is 4.79. The highest BCUT2D eigenvalue weighted by Gasteiger charge is 2.30. The quantitative estimate of drug-likeness (QED) is 0.843. The summed E-state index contributed by atoms with van der Waals surface area (Å²) in [5.74, 6) is 2.70. The van der Waals surface area contributed by atoms with E-state index >= 15 is 0 Å². The lowest BCUT2D eigenvalue weighted by molar-refractivity contribution is -0.126. The number of aryl methyl sites for hydroxylation is 1. The molecule has 2 atom stereocenters. The van der Waals surface area contributed by atoms with Crippen molar-refractivity contribution in [3.05, 3.63) is 23.5 Å². The van der Waals surface area contributed by atoms with Gasteiger partial charge in [0.2, 0.25) is 0 Å². The van der Waals surface area contributed by atoms with Crippen molar-refractivity contribution in [3.8, 4) is 5.75 Å². The molecule has 0 amide bonds. The van der Waals surface area contributed by atoms with Crippen molar-refractivity contribution in [2.75, 3.05) is 7.11 Å². The molecule has 3 nitrogen and oxygen atoms in total. The normalized spacial score (nSPS) is 23.1. The first-order chi connectivity index (χ1) is 9.49. The zero-order chi connectivity index (χ0) is 14.7. The van der Waals surface area contributed by atoms with Crippen molar-refractivity contribution in [3.63, 3.8) is 0 Å². The smallest absolute Gasteiger partial charge is 0.136 e. The van der Waals surface area contributed by atoms with Gasteiger partial charge < -0.3 is 4.74 Å². The Bertz CT molecular complexity index is 482. The Morgan fingerprint density at radius 3 is 2.80 bits per heavy atom. The Labute approximate surface area is 121 Å². The van der Waals surface area contributed by atoms with Crippen LogP contribution in [0.1, 0.15) is 44.5 Å². The molecule has 2 rings (SSSR count). The number of methoxy groups -OCH3 is 1. The van der Waals surface area contributed by atoms with Crippen LogP contribution in [0.4, 0.5) is 0 Å². The van der Waals surface area contributed by atoms with Gasteiger partial charge in [0.15, 0.2) is 0 Å². The van der Waals surface area contributed by atoms with E-state index in [0.717, 1.165) is 42.8 Å². The maximum absolute atomic E-state index is 12.1. The topological polar surface area (TPSA) is 39.2 Å². The van der Waals surface area contributed by atoms with Crippen molar-refractivity contribution in [1.82, 2.24) is 4.98 Å². The van der Waals surface area contributed by atoms with E-state index in [1.807, 2.05) is 19.1 Å². The minimum atomic E-state index is 0.134. The second-order valence-corrected chi connectivity index (χ2v) is 6.29. The lowest BCUT2D eigenvalue weighted by Crippen LogP contribution is -2.29. The number of carbonyl (C=O) groups is 1. The van der Waals surface area contributed by atoms with Gasteiger partial charge in [-0.1, -0.05) is 13.8 Å². The van der Waals surface area contributed by atoms with E-state index in [0.29, 0.717) is 17.6 Å². The number of aromatic nitrogens is 1. The van der Waals surface area contributed by atoms with Gasteiger partial charge in [0.1, 0.15) is 11.5 Å². The molecular formula is C17H25NO2. The summed E-state index contributed by atoms with van der Waals surface area (Å²) in [6.45, 7) is 6.47. The van der Waals surface area contributed by atoms with Crippen LogP contribution < -0.4 is 4.74 Å². The second kappa shape index (κ2) is 6.38. The molecule has 1 saturated carbocycles.